The molecule has 2 atom stereocenters. The van der Waals surface area contributed by atoms with Crippen LogP contribution in [0.2, 0.25) is 10.0 Å². The van der Waals surface area contributed by atoms with Crippen LogP contribution in [0.1, 0.15) is 25.8 Å². The molecule has 0 amide bonds. The molecule has 0 radical (unpaired) electrons. The second kappa shape index (κ2) is 5.98. The molecule has 0 nitrogen and oxygen atoms in total. The average molecular weight is 266 g/mol. The maximum Gasteiger partial charge on any atom is 0.0595 e. The largest absolute Gasteiger partial charge is 0.123 e. The number of rotatable bonds is 4. The van der Waals surface area contributed by atoms with Gasteiger partial charge in [-0.25, -0.2) is 0 Å². The van der Waals surface area contributed by atoms with Crippen LogP contribution in [0, 0.1) is 5.92 Å². The summed E-state index contributed by atoms with van der Waals surface area (Å²) in [6.07, 6.45) is 2.01. The molecule has 2 unspecified atom stereocenters. The molecule has 0 saturated carbocycles. The Bertz CT molecular complexity index is 321. The van der Waals surface area contributed by atoms with Gasteiger partial charge in [0.15, 0.2) is 0 Å². The van der Waals surface area contributed by atoms with Crippen molar-refractivity contribution in [2.45, 2.75) is 32.1 Å². The predicted octanol–water partition coefficient (Wildman–Crippen LogP) is 5.19. The molecule has 0 spiro atoms. The molecule has 84 valence electrons. The summed E-state index contributed by atoms with van der Waals surface area (Å²) in [5.74, 6) is 0.565. The van der Waals surface area contributed by atoms with Crippen molar-refractivity contribution in [2.75, 3.05) is 0 Å². The zero-order valence-electron chi connectivity index (χ0n) is 8.93. The minimum absolute atomic E-state index is 0.225. The van der Waals surface area contributed by atoms with Crippen LogP contribution in [0.25, 0.3) is 0 Å². The first-order valence-electron chi connectivity index (χ1n) is 5.07. The highest BCUT2D eigenvalue weighted by atomic mass is 35.5. The van der Waals surface area contributed by atoms with Crippen LogP contribution >= 0.6 is 34.8 Å². The zero-order valence-corrected chi connectivity index (χ0v) is 11.2. The lowest BCUT2D eigenvalue weighted by Crippen LogP contribution is -2.05. The second-order valence-electron chi connectivity index (χ2n) is 4.07. The third kappa shape index (κ3) is 4.63. The second-order valence-corrected chi connectivity index (χ2v) is 5.63. The third-order valence-corrected chi connectivity index (χ3v) is 3.21. The molecular formula is C12H15Cl3. The summed E-state index contributed by atoms with van der Waals surface area (Å²) in [5.41, 5.74) is 1.22. The maximum absolute atomic E-state index is 5.95. The summed E-state index contributed by atoms with van der Waals surface area (Å²) in [5, 5.41) is 1.46. The SMILES string of the molecule is CC(Cl)CC(C)Cc1ccc(Cl)c(Cl)c1. The summed E-state index contributed by atoms with van der Waals surface area (Å²) in [7, 11) is 0. The van der Waals surface area contributed by atoms with E-state index in [1.165, 1.54) is 5.56 Å². The Morgan fingerprint density at radius 2 is 1.80 bits per heavy atom. The molecule has 0 fully saturated rings. The Labute approximate surface area is 107 Å². The van der Waals surface area contributed by atoms with E-state index >= 15 is 0 Å². The molecule has 1 aromatic rings. The normalized spacial score (nSPS) is 15.0. The molecule has 15 heavy (non-hydrogen) atoms. The fraction of sp³-hybridized carbons (Fsp3) is 0.500. The summed E-state index contributed by atoms with van der Waals surface area (Å²) >= 11 is 17.7. The van der Waals surface area contributed by atoms with Gasteiger partial charge in [-0.2, -0.15) is 0 Å². The van der Waals surface area contributed by atoms with Gasteiger partial charge in [0.25, 0.3) is 0 Å². The number of benzene rings is 1. The van der Waals surface area contributed by atoms with E-state index in [9.17, 15) is 0 Å². The lowest BCUT2D eigenvalue weighted by Gasteiger charge is -2.13. The fourth-order valence-corrected chi connectivity index (χ4v) is 2.33. The number of alkyl halides is 1. The average Bonchev–Trinajstić information content (AvgIpc) is 2.10. The molecular weight excluding hydrogens is 250 g/mol. The minimum Gasteiger partial charge on any atom is -0.123 e. The van der Waals surface area contributed by atoms with E-state index in [1.807, 2.05) is 25.1 Å². The van der Waals surface area contributed by atoms with Crippen molar-refractivity contribution in [3.63, 3.8) is 0 Å². The highest BCUT2D eigenvalue weighted by Gasteiger charge is 2.08. The van der Waals surface area contributed by atoms with Crippen molar-refractivity contribution in [3.05, 3.63) is 33.8 Å². The lowest BCUT2D eigenvalue weighted by atomic mass is 9.97. The first-order chi connectivity index (χ1) is 6.99. The Morgan fingerprint density at radius 1 is 1.13 bits per heavy atom. The molecule has 0 heterocycles. The van der Waals surface area contributed by atoms with E-state index in [2.05, 4.69) is 6.92 Å². The molecule has 0 aromatic heterocycles. The molecule has 0 saturated heterocycles. The van der Waals surface area contributed by atoms with Gasteiger partial charge in [-0.05, 0) is 43.4 Å². The smallest absolute Gasteiger partial charge is 0.0595 e. The zero-order chi connectivity index (χ0) is 11.4. The van der Waals surface area contributed by atoms with Crippen LogP contribution in [0.15, 0.2) is 18.2 Å². The number of hydrogen-bond donors (Lipinski definition) is 0. The van der Waals surface area contributed by atoms with Gasteiger partial charge in [-0.1, -0.05) is 36.2 Å². The van der Waals surface area contributed by atoms with Crippen molar-refractivity contribution >= 4 is 34.8 Å². The molecule has 3 heteroatoms. The highest BCUT2D eigenvalue weighted by molar-refractivity contribution is 6.42. The van der Waals surface area contributed by atoms with Crippen LogP contribution < -0.4 is 0 Å². The standard InChI is InChI=1S/C12H15Cl3/c1-8(5-9(2)13)6-10-3-4-11(14)12(15)7-10/h3-4,7-9H,5-6H2,1-2H3. The third-order valence-electron chi connectivity index (χ3n) is 2.30. The monoisotopic (exact) mass is 264 g/mol. The van der Waals surface area contributed by atoms with Crippen LogP contribution in [0.5, 0.6) is 0 Å². The van der Waals surface area contributed by atoms with Gasteiger partial charge in [-0.3, -0.25) is 0 Å². The number of hydrogen-bond acceptors (Lipinski definition) is 0. The van der Waals surface area contributed by atoms with Crippen molar-refractivity contribution in [3.8, 4) is 0 Å². The Balaban J connectivity index is 2.60. The quantitative estimate of drug-likeness (QED) is 0.657. The lowest BCUT2D eigenvalue weighted by molar-refractivity contribution is 0.526. The van der Waals surface area contributed by atoms with Crippen molar-refractivity contribution in [2.24, 2.45) is 5.92 Å². The van der Waals surface area contributed by atoms with Crippen molar-refractivity contribution < 1.29 is 0 Å². The molecule has 1 rings (SSSR count). The van der Waals surface area contributed by atoms with Crippen LogP contribution in [0.4, 0.5) is 0 Å². The Kier molecular flexibility index (Phi) is 5.25. The maximum atomic E-state index is 5.95. The van der Waals surface area contributed by atoms with E-state index in [0.29, 0.717) is 16.0 Å². The molecule has 0 aliphatic carbocycles. The first kappa shape index (κ1) is 13.2. The van der Waals surface area contributed by atoms with Crippen LogP contribution in [-0.4, -0.2) is 5.38 Å². The van der Waals surface area contributed by atoms with Gasteiger partial charge in [0, 0.05) is 5.38 Å². The van der Waals surface area contributed by atoms with Gasteiger partial charge in [0.1, 0.15) is 0 Å². The van der Waals surface area contributed by atoms with E-state index < -0.39 is 0 Å². The summed E-state index contributed by atoms with van der Waals surface area (Å²) in [6.45, 7) is 4.22. The van der Waals surface area contributed by atoms with E-state index in [0.717, 1.165) is 12.8 Å². The van der Waals surface area contributed by atoms with Gasteiger partial charge >= 0.3 is 0 Å². The minimum atomic E-state index is 0.225. The molecule has 0 aliphatic heterocycles. The van der Waals surface area contributed by atoms with Crippen LogP contribution in [-0.2, 0) is 6.42 Å². The summed E-state index contributed by atoms with van der Waals surface area (Å²) < 4.78 is 0. The highest BCUT2D eigenvalue weighted by Crippen LogP contribution is 2.25. The first-order valence-corrected chi connectivity index (χ1v) is 6.26. The van der Waals surface area contributed by atoms with Crippen LogP contribution in [0.3, 0.4) is 0 Å². The predicted molar refractivity (Wildman–Crippen MR) is 69.3 cm³/mol. The molecule has 1 aromatic carbocycles. The summed E-state index contributed by atoms with van der Waals surface area (Å²) in [6, 6.07) is 5.79. The Morgan fingerprint density at radius 3 is 2.33 bits per heavy atom. The van der Waals surface area contributed by atoms with Gasteiger partial charge < -0.3 is 0 Å². The van der Waals surface area contributed by atoms with Gasteiger partial charge in [0.2, 0.25) is 0 Å². The van der Waals surface area contributed by atoms with E-state index in [1.54, 1.807) is 0 Å². The van der Waals surface area contributed by atoms with Crippen molar-refractivity contribution in [1.82, 2.24) is 0 Å². The van der Waals surface area contributed by atoms with Crippen molar-refractivity contribution in [1.29, 1.82) is 0 Å². The van der Waals surface area contributed by atoms with Gasteiger partial charge in [-0.15, -0.1) is 11.6 Å². The number of halogens is 3. The van der Waals surface area contributed by atoms with E-state index in [-0.39, 0.29) is 5.38 Å². The Hall–Kier alpha value is 0.0900. The van der Waals surface area contributed by atoms with E-state index in [4.69, 9.17) is 34.8 Å². The molecule has 0 aliphatic rings. The van der Waals surface area contributed by atoms with Gasteiger partial charge in [0.05, 0.1) is 10.0 Å². The fourth-order valence-electron chi connectivity index (χ4n) is 1.71. The topological polar surface area (TPSA) is 0 Å². The molecule has 0 N–H and O–H groups in total. The summed E-state index contributed by atoms with van der Waals surface area (Å²) in [4.78, 5) is 0. The molecule has 0 bridgehead atoms.